The fourth-order valence-corrected chi connectivity index (χ4v) is 2.35. The Kier molecular flexibility index (Phi) is 7.30. The summed E-state index contributed by atoms with van der Waals surface area (Å²) in [6.07, 6.45) is 8.37. The minimum absolute atomic E-state index is 0.562. The van der Waals surface area contributed by atoms with E-state index in [1.807, 2.05) is 0 Å². The van der Waals surface area contributed by atoms with Crippen molar-refractivity contribution in [2.24, 2.45) is 17.3 Å². The summed E-state index contributed by atoms with van der Waals surface area (Å²) in [5.41, 5.74) is 0.562. The van der Waals surface area contributed by atoms with E-state index in [4.69, 9.17) is 0 Å². The molecule has 0 aliphatic rings. The molecule has 92 valence electrons. The lowest BCUT2D eigenvalue weighted by molar-refractivity contribution is 0.243. The lowest BCUT2D eigenvalue weighted by atomic mass is 9.78. The van der Waals surface area contributed by atoms with Crippen LogP contribution in [0.1, 0.15) is 80.1 Å². The van der Waals surface area contributed by atoms with E-state index in [0.717, 1.165) is 11.8 Å². The molecule has 0 aromatic rings. The maximum absolute atomic E-state index is 2.44. The molecule has 1 unspecified atom stereocenters. The minimum atomic E-state index is 0.562. The van der Waals surface area contributed by atoms with Crippen LogP contribution in [-0.2, 0) is 0 Å². The van der Waals surface area contributed by atoms with Crippen molar-refractivity contribution >= 4 is 0 Å². The SMILES string of the molecule is CCC(C)CC(C)(C)CCCCC(C)C. The van der Waals surface area contributed by atoms with Crippen molar-refractivity contribution < 1.29 is 0 Å². The maximum Gasteiger partial charge on any atom is -0.0352 e. The lowest BCUT2D eigenvalue weighted by Crippen LogP contribution is -2.15. The topological polar surface area (TPSA) is 0 Å². The largest absolute Gasteiger partial charge is 0.0651 e. The van der Waals surface area contributed by atoms with Gasteiger partial charge in [-0.15, -0.1) is 0 Å². The quantitative estimate of drug-likeness (QED) is 0.455. The van der Waals surface area contributed by atoms with Crippen molar-refractivity contribution in [3.63, 3.8) is 0 Å². The van der Waals surface area contributed by atoms with E-state index in [1.54, 1.807) is 0 Å². The smallest absolute Gasteiger partial charge is 0.0352 e. The molecule has 0 nitrogen and oxygen atoms in total. The first-order valence-electron chi connectivity index (χ1n) is 6.87. The van der Waals surface area contributed by atoms with Gasteiger partial charge in [-0.25, -0.2) is 0 Å². The molecule has 0 spiro atoms. The number of hydrogen-bond donors (Lipinski definition) is 0. The Hall–Kier alpha value is 0. The van der Waals surface area contributed by atoms with E-state index in [9.17, 15) is 0 Å². The Morgan fingerprint density at radius 1 is 1.00 bits per heavy atom. The molecule has 15 heavy (non-hydrogen) atoms. The molecule has 0 saturated carbocycles. The molecule has 0 N–H and O–H groups in total. The molecular weight excluding hydrogens is 180 g/mol. The first-order valence-corrected chi connectivity index (χ1v) is 6.87. The van der Waals surface area contributed by atoms with Gasteiger partial charge in [0.15, 0.2) is 0 Å². The van der Waals surface area contributed by atoms with Gasteiger partial charge in [-0.05, 0) is 30.1 Å². The third-order valence-electron chi connectivity index (χ3n) is 3.48. The van der Waals surface area contributed by atoms with Crippen LogP contribution in [0.5, 0.6) is 0 Å². The van der Waals surface area contributed by atoms with Crippen LogP contribution < -0.4 is 0 Å². The van der Waals surface area contributed by atoms with Crippen molar-refractivity contribution in [1.29, 1.82) is 0 Å². The average molecular weight is 212 g/mol. The minimum Gasteiger partial charge on any atom is -0.0651 e. The second-order valence-corrected chi connectivity index (χ2v) is 6.52. The summed E-state index contributed by atoms with van der Waals surface area (Å²) in [5, 5.41) is 0. The van der Waals surface area contributed by atoms with Crippen LogP contribution in [0.2, 0.25) is 0 Å². The summed E-state index contributed by atoms with van der Waals surface area (Å²) in [6.45, 7) is 14.2. The Morgan fingerprint density at radius 2 is 1.60 bits per heavy atom. The van der Waals surface area contributed by atoms with E-state index < -0.39 is 0 Å². The number of rotatable bonds is 8. The van der Waals surface area contributed by atoms with Gasteiger partial charge in [0, 0.05) is 0 Å². The number of hydrogen-bond acceptors (Lipinski definition) is 0. The molecular formula is C15H32. The molecule has 0 aliphatic heterocycles. The molecule has 0 rings (SSSR count). The summed E-state index contributed by atoms with van der Waals surface area (Å²) >= 11 is 0. The van der Waals surface area contributed by atoms with Gasteiger partial charge in [0.2, 0.25) is 0 Å². The van der Waals surface area contributed by atoms with Crippen molar-refractivity contribution in [3.8, 4) is 0 Å². The normalized spacial score (nSPS) is 14.6. The molecule has 0 saturated heterocycles. The molecule has 0 radical (unpaired) electrons. The molecule has 1 atom stereocenters. The van der Waals surface area contributed by atoms with E-state index in [1.165, 1.54) is 38.5 Å². The van der Waals surface area contributed by atoms with Crippen LogP contribution in [0.4, 0.5) is 0 Å². The fraction of sp³-hybridized carbons (Fsp3) is 1.00. The Labute approximate surface area is 97.8 Å². The third kappa shape index (κ3) is 8.96. The van der Waals surface area contributed by atoms with Crippen LogP contribution in [-0.4, -0.2) is 0 Å². The molecule has 0 aliphatic carbocycles. The van der Waals surface area contributed by atoms with Gasteiger partial charge < -0.3 is 0 Å². The van der Waals surface area contributed by atoms with Crippen LogP contribution in [0.25, 0.3) is 0 Å². The zero-order chi connectivity index (χ0) is 11.9. The summed E-state index contributed by atoms with van der Waals surface area (Å²) in [7, 11) is 0. The van der Waals surface area contributed by atoms with Gasteiger partial charge in [-0.3, -0.25) is 0 Å². The lowest BCUT2D eigenvalue weighted by Gasteiger charge is -2.27. The van der Waals surface area contributed by atoms with Crippen LogP contribution in [0.3, 0.4) is 0 Å². The predicted molar refractivity (Wildman–Crippen MR) is 71.2 cm³/mol. The van der Waals surface area contributed by atoms with Gasteiger partial charge in [0.25, 0.3) is 0 Å². The highest BCUT2D eigenvalue weighted by molar-refractivity contribution is 4.71. The summed E-state index contributed by atoms with van der Waals surface area (Å²) in [4.78, 5) is 0. The number of unbranched alkanes of at least 4 members (excludes halogenated alkanes) is 1. The molecule has 0 heteroatoms. The van der Waals surface area contributed by atoms with Gasteiger partial charge >= 0.3 is 0 Å². The molecule has 0 heterocycles. The average Bonchev–Trinajstić information content (AvgIpc) is 2.11. The van der Waals surface area contributed by atoms with Crippen LogP contribution in [0.15, 0.2) is 0 Å². The van der Waals surface area contributed by atoms with Crippen molar-refractivity contribution in [2.45, 2.75) is 80.1 Å². The van der Waals surface area contributed by atoms with Crippen molar-refractivity contribution in [3.05, 3.63) is 0 Å². The summed E-state index contributed by atoms with van der Waals surface area (Å²) < 4.78 is 0. The summed E-state index contributed by atoms with van der Waals surface area (Å²) in [6, 6.07) is 0. The highest BCUT2D eigenvalue weighted by atomic mass is 14.2. The van der Waals surface area contributed by atoms with Gasteiger partial charge in [-0.2, -0.15) is 0 Å². The van der Waals surface area contributed by atoms with E-state index in [2.05, 4.69) is 41.5 Å². The first kappa shape index (κ1) is 15.0. The Bertz CT molecular complexity index is 144. The Balaban J connectivity index is 3.64. The second-order valence-electron chi connectivity index (χ2n) is 6.52. The molecule has 0 bridgehead atoms. The zero-order valence-corrected chi connectivity index (χ0v) is 11.9. The zero-order valence-electron chi connectivity index (χ0n) is 11.9. The highest BCUT2D eigenvalue weighted by Gasteiger charge is 2.19. The predicted octanol–water partition coefficient (Wildman–Crippen LogP) is 5.67. The molecule has 0 fully saturated rings. The first-order chi connectivity index (χ1) is 6.87. The van der Waals surface area contributed by atoms with Crippen LogP contribution in [0, 0.1) is 17.3 Å². The van der Waals surface area contributed by atoms with E-state index in [-0.39, 0.29) is 0 Å². The molecule has 0 amide bonds. The molecule has 0 aromatic carbocycles. The monoisotopic (exact) mass is 212 g/mol. The Morgan fingerprint density at radius 3 is 2.07 bits per heavy atom. The van der Waals surface area contributed by atoms with Crippen molar-refractivity contribution in [1.82, 2.24) is 0 Å². The molecule has 0 aromatic heterocycles. The fourth-order valence-electron chi connectivity index (χ4n) is 2.35. The third-order valence-corrected chi connectivity index (χ3v) is 3.48. The standard InChI is InChI=1S/C15H32/c1-7-14(4)12-15(5,6)11-9-8-10-13(2)3/h13-14H,7-12H2,1-6H3. The van der Waals surface area contributed by atoms with Gasteiger partial charge in [0.05, 0.1) is 0 Å². The van der Waals surface area contributed by atoms with E-state index in [0.29, 0.717) is 5.41 Å². The van der Waals surface area contributed by atoms with Crippen molar-refractivity contribution in [2.75, 3.05) is 0 Å². The highest BCUT2D eigenvalue weighted by Crippen LogP contribution is 2.32. The second kappa shape index (κ2) is 7.30. The van der Waals surface area contributed by atoms with Gasteiger partial charge in [-0.1, -0.05) is 67.2 Å². The summed E-state index contributed by atoms with van der Waals surface area (Å²) in [5.74, 6) is 1.77. The van der Waals surface area contributed by atoms with E-state index >= 15 is 0 Å². The van der Waals surface area contributed by atoms with Crippen LogP contribution >= 0.6 is 0 Å². The maximum atomic E-state index is 2.44. The van der Waals surface area contributed by atoms with Gasteiger partial charge in [0.1, 0.15) is 0 Å².